The molecule has 4 heteroatoms. The molecule has 0 fully saturated rings. The molecule has 0 aliphatic rings. The molecule has 0 saturated heterocycles. The summed E-state index contributed by atoms with van der Waals surface area (Å²) in [6, 6.07) is 4.36. The van der Waals surface area contributed by atoms with Gasteiger partial charge in [-0.1, -0.05) is 11.6 Å². The molecule has 0 N–H and O–H groups in total. The van der Waals surface area contributed by atoms with Crippen molar-refractivity contribution in [3.05, 3.63) is 29.0 Å². The summed E-state index contributed by atoms with van der Waals surface area (Å²) in [5.74, 6) is -0.0109. The van der Waals surface area contributed by atoms with Gasteiger partial charge in [-0.2, -0.15) is 0 Å². The summed E-state index contributed by atoms with van der Waals surface area (Å²) in [4.78, 5) is 0. The van der Waals surface area contributed by atoms with Crippen molar-refractivity contribution >= 4 is 11.6 Å². The van der Waals surface area contributed by atoms with Gasteiger partial charge in [0, 0.05) is 6.07 Å². The predicted octanol–water partition coefficient (Wildman–Crippen LogP) is 3.28. The van der Waals surface area contributed by atoms with Gasteiger partial charge in [-0.25, -0.2) is 4.39 Å². The van der Waals surface area contributed by atoms with Crippen LogP contribution in [-0.2, 0) is 4.74 Å². The van der Waals surface area contributed by atoms with E-state index in [2.05, 4.69) is 0 Å². The van der Waals surface area contributed by atoms with Crippen LogP contribution in [0.2, 0.25) is 5.02 Å². The van der Waals surface area contributed by atoms with E-state index in [1.165, 1.54) is 12.1 Å². The summed E-state index contributed by atoms with van der Waals surface area (Å²) >= 11 is 5.53. The molecule has 0 radical (unpaired) electrons. The van der Waals surface area contributed by atoms with Crippen LogP contribution in [0.15, 0.2) is 18.2 Å². The van der Waals surface area contributed by atoms with Crippen molar-refractivity contribution in [2.45, 2.75) is 20.0 Å². The Labute approximate surface area is 94.0 Å². The van der Waals surface area contributed by atoms with Crippen LogP contribution in [0.5, 0.6) is 5.75 Å². The topological polar surface area (TPSA) is 18.5 Å². The van der Waals surface area contributed by atoms with Crippen molar-refractivity contribution in [1.29, 1.82) is 0 Å². The number of halogens is 2. The molecule has 2 nitrogen and oxygen atoms in total. The van der Waals surface area contributed by atoms with Gasteiger partial charge in [0.15, 0.2) is 0 Å². The minimum atomic E-state index is -0.473. The highest BCUT2D eigenvalue weighted by molar-refractivity contribution is 6.30. The van der Waals surface area contributed by atoms with E-state index in [-0.39, 0.29) is 11.1 Å². The maximum absolute atomic E-state index is 13.0. The van der Waals surface area contributed by atoms with E-state index in [9.17, 15) is 4.39 Å². The first kappa shape index (κ1) is 12.3. The molecule has 0 unspecified atom stereocenters. The third-order valence-electron chi connectivity index (χ3n) is 1.69. The summed E-state index contributed by atoms with van der Waals surface area (Å²) in [6.07, 6.45) is 0.176. The predicted molar refractivity (Wildman–Crippen MR) is 58.0 cm³/mol. The molecule has 0 aromatic heterocycles. The third-order valence-corrected chi connectivity index (χ3v) is 2.00. The highest BCUT2D eigenvalue weighted by Crippen LogP contribution is 2.20. The Morgan fingerprint density at radius 1 is 1.33 bits per heavy atom. The van der Waals surface area contributed by atoms with Gasteiger partial charge in [0.05, 0.1) is 17.7 Å². The van der Waals surface area contributed by atoms with Gasteiger partial charge in [-0.15, -0.1) is 0 Å². The Balaban J connectivity index is 2.35. The Morgan fingerprint density at radius 3 is 2.67 bits per heavy atom. The minimum Gasteiger partial charge on any atom is -0.491 e. The zero-order chi connectivity index (χ0) is 11.3. The fourth-order valence-corrected chi connectivity index (χ4v) is 1.13. The number of ether oxygens (including phenoxy) is 2. The molecule has 1 rings (SSSR count). The van der Waals surface area contributed by atoms with Crippen LogP contribution in [0.25, 0.3) is 0 Å². The van der Waals surface area contributed by atoms with Gasteiger partial charge in [0.2, 0.25) is 0 Å². The molecule has 1 aromatic rings. The molecule has 0 heterocycles. The number of hydrogen-bond acceptors (Lipinski definition) is 2. The number of benzene rings is 1. The van der Waals surface area contributed by atoms with E-state index in [1.807, 2.05) is 13.8 Å². The van der Waals surface area contributed by atoms with Crippen LogP contribution in [0.4, 0.5) is 4.39 Å². The van der Waals surface area contributed by atoms with Crippen molar-refractivity contribution in [2.75, 3.05) is 13.2 Å². The first-order valence-corrected chi connectivity index (χ1v) is 5.17. The second kappa shape index (κ2) is 5.93. The Hall–Kier alpha value is -0.800. The maximum Gasteiger partial charge on any atom is 0.145 e. The Kier molecular flexibility index (Phi) is 4.85. The van der Waals surface area contributed by atoms with E-state index < -0.39 is 5.82 Å². The van der Waals surface area contributed by atoms with Crippen LogP contribution < -0.4 is 4.74 Å². The molecule has 0 bridgehead atoms. The monoisotopic (exact) mass is 232 g/mol. The summed E-state index contributed by atoms with van der Waals surface area (Å²) in [5.41, 5.74) is 0. The van der Waals surface area contributed by atoms with Crippen molar-refractivity contribution in [3.63, 3.8) is 0 Å². The molecule has 1 aromatic carbocycles. The van der Waals surface area contributed by atoms with E-state index in [0.717, 1.165) is 0 Å². The average Bonchev–Trinajstić information content (AvgIpc) is 2.18. The lowest BCUT2D eigenvalue weighted by Crippen LogP contribution is -2.11. The Bertz CT molecular complexity index is 315. The van der Waals surface area contributed by atoms with Gasteiger partial charge in [0.25, 0.3) is 0 Å². The summed E-state index contributed by atoms with van der Waals surface area (Å²) in [6.45, 7) is 4.78. The van der Waals surface area contributed by atoms with Gasteiger partial charge in [-0.3, -0.25) is 0 Å². The fourth-order valence-electron chi connectivity index (χ4n) is 1.01. The van der Waals surface area contributed by atoms with E-state index in [4.69, 9.17) is 21.1 Å². The number of rotatable bonds is 5. The first-order chi connectivity index (χ1) is 7.09. The van der Waals surface area contributed by atoms with Crippen LogP contribution in [-0.4, -0.2) is 19.3 Å². The molecular weight excluding hydrogens is 219 g/mol. The zero-order valence-electron chi connectivity index (χ0n) is 8.80. The molecule has 0 aliphatic carbocycles. The van der Waals surface area contributed by atoms with Crippen molar-refractivity contribution < 1.29 is 13.9 Å². The van der Waals surface area contributed by atoms with Crippen molar-refractivity contribution in [2.24, 2.45) is 0 Å². The van der Waals surface area contributed by atoms with Gasteiger partial charge >= 0.3 is 0 Å². The summed E-state index contributed by atoms with van der Waals surface area (Å²) in [7, 11) is 0. The summed E-state index contributed by atoms with van der Waals surface area (Å²) in [5, 5.41) is 0.0979. The van der Waals surface area contributed by atoms with Gasteiger partial charge in [0.1, 0.15) is 18.2 Å². The van der Waals surface area contributed by atoms with E-state index >= 15 is 0 Å². The lowest BCUT2D eigenvalue weighted by Gasteiger charge is -2.09. The summed E-state index contributed by atoms with van der Waals surface area (Å²) < 4.78 is 23.5. The lowest BCUT2D eigenvalue weighted by molar-refractivity contribution is 0.0552. The maximum atomic E-state index is 13.0. The second-order valence-corrected chi connectivity index (χ2v) is 3.75. The normalized spacial score (nSPS) is 10.7. The molecule has 0 aliphatic heterocycles. The molecule has 84 valence electrons. The van der Waals surface area contributed by atoms with Crippen LogP contribution in [0, 0.1) is 5.82 Å². The van der Waals surface area contributed by atoms with Crippen molar-refractivity contribution in [3.8, 4) is 5.75 Å². The van der Waals surface area contributed by atoms with Crippen LogP contribution >= 0.6 is 11.6 Å². The zero-order valence-corrected chi connectivity index (χ0v) is 9.55. The fraction of sp³-hybridized carbons (Fsp3) is 0.455. The standard InChI is InChI=1S/C11H14ClFO2/c1-8(2)14-5-6-15-9-3-4-10(12)11(13)7-9/h3-4,7-8H,5-6H2,1-2H3. The van der Waals surface area contributed by atoms with Gasteiger partial charge < -0.3 is 9.47 Å². The molecule has 0 atom stereocenters. The molecule has 0 amide bonds. The lowest BCUT2D eigenvalue weighted by atomic mass is 10.3. The quantitative estimate of drug-likeness (QED) is 0.726. The van der Waals surface area contributed by atoms with Crippen LogP contribution in [0.3, 0.4) is 0 Å². The molecule has 0 spiro atoms. The van der Waals surface area contributed by atoms with E-state index in [1.54, 1.807) is 6.07 Å². The highest BCUT2D eigenvalue weighted by Gasteiger charge is 2.01. The van der Waals surface area contributed by atoms with Gasteiger partial charge in [-0.05, 0) is 26.0 Å². The van der Waals surface area contributed by atoms with E-state index in [0.29, 0.717) is 19.0 Å². The number of hydrogen-bond donors (Lipinski definition) is 0. The highest BCUT2D eigenvalue weighted by atomic mass is 35.5. The Morgan fingerprint density at radius 2 is 2.07 bits per heavy atom. The average molecular weight is 233 g/mol. The smallest absolute Gasteiger partial charge is 0.145 e. The molecule has 0 saturated carbocycles. The third kappa shape index (κ3) is 4.49. The molecule has 15 heavy (non-hydrogen) atoms. The minimum absolute atomic E-state index is 0.0979. The second-order valence-electron chi connectivity index (χ2n) is 3.34. The van der Waals surface area contributed by atoms with Crippen LogP contribution in [0.1, 0.15) is 13.8 Å². The van der Waals surface area contributed by atoms with Crippen molar-refractivity contribution in [1.82, 2.24) is 0 Å². The molecular formula is C11H14ClFO2. The first-order valence-electron chi connectivity index (χ1n) is 4.79. The SMILES string of the molecule is CC(C)OCCOc1ccc(Cl)c(F)c1. The largest absolute Gasteiger partial charge is 0.491 e.